The summed E-state index contributed by atoms with van der Waals surface area (Å²) in [7, 11) is 1.68. The lowest BCUT2D eigenvalue weighted by Crippen LogP contribution is -2.21. The number of aryl methyl sites for hydroxylation is 2. The number of rotatable bonds is 11. The molecule has 7 heteroatoms. The van der Waals surface area contributed by atoms with Crippen LogP contribution in [0.15, 0.2) is 61.2 Å². The van der Waals surface area contributed by atoms with Crippen LogP contribution in [-0.2, 0) is 19.3 Å². The van der Waals surface area contributed by atoms with Gasteiger partial charge in [-0.15, -0.1) is 0 Å². The van der Waals surface area contributed by atoms with Crippen LogP contribution in [0.25, 0.3) is 5.65 Å². The summed E-state index contributed by atoms with van der Waals surface area (Å²) >= 11 is 0. The van der Waals surface area contributed by atoms with Gasteiger partial charge < -0.3 is 18.8 Å². The Labute approximate surface area is 206 Å². The zero-order chi connectivity index (χ0) is 23.9. The number of hydrogen-bond acceptors (Lipinski definition) is 6. The number of pyridine rings is 1. The van der Waals surface area contributed by atoms with E-state index in [4.69, 9.17) is 14.5 Å². The molecule has 5 rings (SSSR count). The Kier molecular flexibility index (Phi) is 7.53. The molecule has 182 valence electrons. The number of likely N-dealkylation sites (tertiary alicyclic amines) is 1. The van der Waals surface area contributed by atoms with Crippen LogP contribution in [0.5, 0.6) is 11.5 Å². The van der Waals surface area contributed by atoms with Crippen molar-refractivity contribution in [3.63, 3.8) is 0 Å². The van der Waals surface area contributed by atoms with Gasteiger partial charge in [-0.2, -0.15) is 0 Å². The molecule has 0 N–H and O–H groups in total. The van der Waals surface area contributed by atoms with Crippen LogP contribution in [0, 0.1) is 0 Å². The third-order valence-corrected chi connectivity index (χ3v) is 6.55. The number of methoxy groups -OCH3 is 1. The molecule has 0 unspecified atom stereocenters. The second-order valence-electron chi connectivity index (χ2n) is 9.11. The minimum atomic E-state index is 0.656. The summed E-state index contributed by atoms with van der Waals surface area (Å²) in [5.74, 6) is 2.37. The van der Waals surface area contributed by atoms with Crippen molar-refractivity contribution in [2.75, 3.05) is 33.4 Å². The predicted molar refractivity (Wildman–Crippen MR) is 136 cm³/mol. The summed E-state index contributed by atoms with van der Waals surface area (Å²) in [4.78, 5) is 16.2. The van der Waals surface area contributed by atoms with Crippen molar-refractivity contribution in [3.05, 3.63) is 83.8 Å². The van der Waals surface area contributed by atoms with E-state index in [1.54, 1.807) is 7.11 Å². The first-order valence-corrected chi connectivity index (χ1v) is 12.5. The van der Waals surface area contributed by atoms with E-state index in [1.807, 2.05) is 30.7 Å². The van der Waals surface area contributed by atoms with Gasteiger partial charge in [0.05, 0.1) is 13.7 Å². The topological polar surface area (TPSA) is 64.8 Å². The molecule has 4 heterocycles. The maximum atomic E-state index is 6.10. The molecule has 1 fully saturated rings. The number of benzene rings is 1. The van der Waals surface area contributed by atoms with Crippen LogP contribution in [0.1, 0.15) is 41.9 Å². The molecule has 35 heavy (non-hydrogen) atoms. The van der Waals surface area contributed by atoms with E-state index in [0.29, 0.717) is 13.0 Å². The van der Waals surface area contributed by atoms with Gasteiger partial charge in [-0.3, -0.25) is 0 Å². The van der Waals surface area contributed by atoms with Crippen LogP contribution in [-0.4, -0.2) is 57.6 Å². The van der Waals surface area contributed by atoms with Gasteiger partial charge in [-0.25, -0.2) is 15.0 Å². The van der Waals surface area contributed by atoms with Crippen molar-refractivity contribution < 1.29 is 9.47 Å². The molecule has 0 spiro atoms. The third kappa shape index (κ3) is 6.17. The summed E-state index contributed by atoms with van der Waals surface area (Å²) < 4.78 is 13.7. The fourth-order valence-electron chi connectivity index (χ4n) is 4.65. The molecule has 0 amide bonds. The molecule has 0 bridgehead atoms. The molecule has 0 aliphatic carbocycles. The molecule has 0 radical (unpaired) electrons. The largest absolute Gasteiger partial charge is 0.493 e. The van der Waals surface area contributed by atoms with E-state index >= 15 is 0 Å². The lowest BCUT2D eigenvalue weighted by Gasteiger charge is -2.16. The molecule has 4 aromatic rings. The molecule has 0 atom stereocenters. The molecule has 0 saturated carbocycles. The Morgan fingerprint density at radius 2 is 1.80 bits per heavy atom. The van der Waals surface area contributed by atoms with Gasteiger partial charge in [0.25, 0.3) is 0 Å². The average Bonchev–Trinajstić information content (AvgIpc) is 3.58. The zero-order valence-corrected chi connectivity index (χ0v) is 20.4. The maximum absolute atomic E-state index is 6.10. The van der Waals surface area contributed by atoms with Crippen LogP contribution < -0.4 is 9.47 Å². The van der Waals surface area contributed by atoms with Gasteiger partial charge in [0.15, 0.2) is 11.5 Å². The van der Waals surface area contributed by atoms with E-state index < -0.39 is 0 Å². The molecular formula is C28H33N5O2. The molecule has 1 aliphatic rings. The highest BCUT2D eigenvalue weighted by molar-refractivity contribution is 5.43. The number of nitrogens with zero attached hydrogens (tertiary/aromatic N) is 5. The van der Waals surface area contributed by atoms with Crippen LogP contribution in [0.4, 0.5) is 0 Å². The van der Waals surface area contributed by atoms with Crippen molar-refractivity contribution in [1.82, 2.24) is 24.3 Å². The second-order valence-corrected chi connectivity index (χ2v) is 9.11. The lowest BCUT2D eigenvalue weighted by atomic mass is 10.1. The van der Waals surface area contributed by atoms with Gasteiger partial charge in [0.2, 0.25) is 0 Å². The Bertz CT molecular complexity index is 1250. The van der Waals surface area contributed by atoms with Gasteiger partial charge >= 0.3 is 0 Å². The highest BCUT2D eigenvalue weighted by Crippen LogP contribution is 2.29. The third-order valence-electron chi connectivity index (χ3n) is 6.55. The Balaban J connectivity index is 1.18. The van der Waals surface area contributed by atoms with Gasteiger partial charge in [0, 0.05) is 43.4 Å². The Morgan fingerprint density at radius 1 is 0.914 bits per heavy atom. The first-order valence-electron chi connectivity index (χ1n) is 12.5. The SMILES string of the molecule is COc1ccc(Cc2nccc(CCc3ccc4nccn4c3)n2)cc1OCCCN1CCCC1. The van der Waals surface area contributed by atoms with E-state index in [9.17, 15) is 0 Å². The minimum Gasteiger partial charge on any atom is -0.493 e. The first kappa shape index (κ1) is 23.3. The fraction of sp³-hybridized carbons (Fsp3) is 0.393. The molecule has 1 aromatic carbocycles. The highest BCUT2D eigenvalue weighted by atomic mass is 16.5. The molecule has 3 aromatic heterocycles. The van der Waals surface area contributed by atoms with Gasteiger partial charge in [-0.05, 0) is 80.6 Å². The summed E-state index contributed by atoms with van der Waals surface area (Å²) in [5.41, 5.74) is 4.39. The average molecular weight is 472 g/mol. The maximum Gasteiger partial charge on any atom is 0.161 e. The normalized spacial score (nSPS) is 14.0. The quantitative estimate of drug-likeness (QED) is 0.303. The standard InChI is InChI=1S/C28H33N5O2/c1-34-25-9-6-23(19-26(25)35-18-4-16-32-14-2-3-15-32)20-27-29-12-11-24(31-27)8-5-22-7-10-28-30-13-17-33(28)21-22/h6-7,9-13,17,19,21H,2-5,8,14-16,18,20H2,1H3. The number of ether oxygens (including phenoxy) is 2. The summed E-state index contributed by atoms with van der Waals surface area (Å²) in [5, 5.41) is 0. The number of fused-ring (bicyclic) bond motifs is 1. The van der Waals surface area contributed by atoms with Gasteiger partial charge in [0.1, 0.15) is 11.5 Å². The molecule has 1 aliphatic heterocycles. The number of aromatic nitrogens is 4. The number of hydrogen-bond donors (Lipinski definition) is 0. The summed E-state index contributed by atoms with van der Waals surface area (Å²) in [6, 6.07) is 12.3. The summed E-state index contributed by atoms with van der Waals surface area (Å²) in [6.45, 7) is 4.22. The molecule has 7 nitrogen and oxygen atoms in total. The highest BCUT2D eigenvalue weighted by Gasteiger charge is 2.12. The van der Waals surface area contributed by atoms with E-state index in [-0.39, 0.29) is 0 Å². The van der Waals surface area contributed by atoms with Crippen molar-refractivity contribution in [2.24, 2.45) is 0 Å². The zero-order valence-electron chi connectivity index (χ0n) is 20.4. The molecule has 1 saturated heterocycles. The first-order chi connectivity index (χ1) is 17.3. The number of imidazole rings is 1. The fourth-order valence-corrected chi connectivity index (χ4v) is 4.65. The minimum absolute atomic E-state index is 0.656. The van der Waals surface area contributed by atoms with E-state index in [1.165, 1.54) is 31.5 Å². The Morgan fingerprint density at radius 3 is 2.69 bits per heavy atom. The summed E-state index contributed by atoms with van der Waals surface area (Å²) in [6.07, 6.45) is 13.9. The lowest BCUT2D eigenvalue weighted by molar-refractivity contribution is 0.254. The molecular weight excluding hydrogens is 438 g/mol. The van der Waals surface area contributed by atoms with Crippen molar-refractivity contribution in [1.29, 1.82) is 0 Å². The van der Waals surface area contributed by atoms with Crippen LogP contribution in [0.3, 0.4) is 0 Å². The van der Waals surface area contributed by atoms with Crippen molar-refractivity contribution in [3.8, 4) is 11.5 Å². The van der Waals surface area contributed by atoms with Gasteiger partial charge in [-0.1, -0.05) is 12.1 Å². The predicted octanol–water partition coefficient (Wildman–Crippen LogP) is 4.37. The smallest absolute Gasteiger partial charge is 0.161 e. The van der Waals surface area contributed by atoms with Crippen molar-refractivity contribution in [2.45, 2.75) is 38.5 Å². The van der Waals surface area contributed by atoms with Crippen LogP contribution >= 0.6 is 0 Å². The monoisotopic (exact) mass is 471 g/mol. The Hall–Kier alpha value is -3.45. The van der Waals surface area contributed by atoms with Crippen LogP contribution in [0.2, 0.25) is 0 Å². The van der Waals surface area contributed by atoms with E-state index in [0.717, 1.165) is 60.0 Å². The van der Waals surface area contributed by atoms with Crippen molar-refractivity contribution >= 4 is 5.65 Å². The van der Waals surface area contributed by atoms with E-state index in [2.05, 4.69) is 49.7 Å². The second kappa shape index (κ2) is 11.3.